The van der Waals surface area contributed by atoms with Crippen LogP contribution >= 0.6 is 11.3 Å². The van der Waals surface area contributed by atoms with Gasteiger partial charge in [0.15, 0.2) is 5.13 Å². The predicted octanol–water partition coefficient (Wildman–Crippen LogP) is 3.95. The lowest BCUT2D eigenvalue weighted by Crippen LogP contribution is -2.13. The molecule has 0 radical (unpaired) electrons. The smallest absolute Gasteiger partial charge is 0.259 e. The Morgan fingerprint density at radius 1 is 1.33 bits per heavy atom. The molecule has 4 nitrogen and oxygen atoms in total. The van der Waals surface area contributed by atoms with Crippen LogP contribution in [0.4, 0.5) is 5.13 Å². The third-order valence-electron chi connectivity index (χ3n) is 3.26. The molecule has 0 aliphatic heterocycles. The largest absolute Gasteiger partial charge is 0.323 e. The number of amides is 1. The number of thiazole rings is 1. The van der Waals surface area contributed by atoms with Crippen LogP contribution in [0.2, 0.25) is 0 Å². The Hall–Kier alpha value is -2.14. The van der Waals surface area contributed by atoms with Gasteiger partial charge in [0.1, 0.15) is 0 Å². The Morgan fingerprint density at radius 2 is 2.14 bits per heavy atom. The van der Waals surface area contributed by atoms with E-state index in [2.05, 4.69) is 31.1 Å². The maximum absolute atomic E-state index is 12.3. The topological polar surface area (TPSA) is 46.4 Å². The molecule has 0 saturated carbocycles. The lowest BCUT2D eigenvalue weighted by Gasteiger charge is -2.14. The standard InChI is InChI=1S/C16H17N3OS/c1-16(2,3)13-10-21-15(17-13)18-14(20)11-8-12-6-4-5-7-19(12)9-11/h4-10H,1-3H3,(H,17,18,20). The van der Waals surface area contributed by atoms with Gasteiger partial charge in [0, 0.05) is 28.7 Å². The average Bonchev–Trinajstić information content (AvgIpc) is 3.03. The minimum atomic E-state index is -0.131. The number of carbonyl (C=O) groups is 1. The summed E-state index contributed by atoms with van der Waals surface area (Å²) in [6, 6.07) is 7.73. The predicted molar refractivity (Wildman–Crippen MR) is 86.2 cm³/mol. The number of pyridine rings is 1. The van der Waals surface area contributed by atoms with Gasteiger partial charge in [-0.3, -0.25) is 10.1 Å². The molecule has 5 heteroatoms. The van der Waals surface area contributed by atoms with E-state index in [1.807, 2.05) is 46.4 Å². The van der Waals surface area contributed by atoms with Gasteiger partial charge in [-0.05, 0) is 18.2 Å². The van der Waals surface area contributed by atoms with Gasteiger partial charge in [-0.2, -0.15) is 0 Å². The van der Waals surface area contributed by atoms with Gasteiger partial charge >= 0.3 is 0 Å². The van der Waals surface area contributed by atoms with Crippen molar-refractivity contribution in [3.05, 3.63) is 53.3 Å². The molecular weight excluding hydrogens is 282 g/mol. The molecule has 3 aromatic rings. The molecule has 3 aromatic heterocycles. The Labute approximate surface area is 127 Å². The number of aromatic nitrogens is 2. The molecule has 1 N–H and O–H groups in total. The van der Waals surface area contributed by atoms with Gasteiger partial charge in [-0.1, -0.05) is 26.8 Å². The van der Waals surface area contributed by atoms with Crippen molar-refractivity contribution in [2.45, 2.75) is 26.2 Å². The Bertz CT molecular complexity index is 762. The monoisotopic (exact) mass is 299 g/mol. The fourth-order valence-corrected chi connectivity index (χ4v) is 2.96. The number of nitrogens with one attached hydrogen (secondary N) is 1. The summed E-state index contributed by atoms with van der Waals surface area (Å²) in [5.41, 5.74) is 2.61. The first kappa shape index (κ1) is 13.8. The minimum absolute atomic E-state index is 0.00961. The summed E-state index contributed by atoms with van der Waals surface area (Å²) in [6.07, 6.45) is 3.75. The number of hydrogen-bond acceptors (Lipinski definition) is 3. The van der Waals surface area contributed by atoms with E-state index in [0.29, 0.717) is 10.7 Å². The Kier molecular flexibility index (Phi) is 3.29. The quantitative estimate of drug-likeness (QED) is 0.779. The zero-order valence-electron chi connectivity index (χ0n) is 12.3. The van der Waals surface area contributed by atoms with Crippen molar-refractivity contribution in [3.63, 3.8) is 0 Å². The van der Waals surface area contributed by atoms with Crippen molar-refractivity contribution in [2.24, 2.45) is 0 Å². The molecule has 21 heavy (non-hydrogen) atoms. The number of fused-ring (bicyclic) bond motifs is 1. The van der Waals surface area contributed by atoms with E-state index in [1.165, 1.54) is 11.3 Å². The molecule has 0 aromatic carbocycles. The summed E-state index contributed by atoms with van der Waals surface area (Å²) in [4.78, 5) is 16.8. The number of carbonyl (C=O) groups excluding carboxylic acids is 1. The van der Waals surface area contributed by atoms with E-state index >= 15 is 0 Å². The molecule has 0 unspecified atom stereocenters. The number of nitrogens with zero attached hydrogens (tertiary/aromatic N) is 2. The first-order valence-electron chi connectivity index (χ1n) is 6.77. The number of hydrogen-bond donors (Lipinski definition) is 1. The second-order valence-electron chi connectivity index (χ2n) is 6.00. The van der Waals surface area contributed by atoms with Crippen molar-refractivity contribution in [1.82, 2.24) is 9.38 Å². The van der Waals surface area contributed by atoms with Gasteiger partial charge in [-0.15, -0.1) is 11.3 Å². The molecule has 3 rings (SSSR count). The maximum Gasteiger partial charge on any atom is 0.259 e. The third-order valence-corrected chi connectivity index (χ3v) is 4.02. The van der Waals surface area contributed by atoms with Gasteiger partial charge in [0.25, 0.3) is 5.91 Å². The molecule has 0 aliphatic carbocycles. The highest BCUT2D eigenvalue weighted by atomic mass is 32.1. The fraction of sp³-hybridized carbons (Fsp3) is 0.250. The number of rotatable bonds is 2. The highest BCUT2D eigenvalue weighted by Crippen LogP contribution is 2.26. The van der Waals surface area contributed by atoms with Crippen LogP contribution in [0.3, 0.4) is 0 Å². The van der Waals surface area contributed by atoms with E-state index in [1.54, 1.807) is 0 Å². The summed E-state index contributed by atoms with van der Waals surface area (Å²) in [6.45, 7) is 6.32. The second kappa shape index (κ2) is 5.00. The summed E-state index contributed by atoms with van der Waals surface area (Å²) >= 11 is 1.46. The van der Waals surface area contributed by atoms with Gasteiger partial charge in [0.2, 0.25) is 0 Å². The first-order chi connectivity index (χ1) is 9.93. The van der Waals surface area contributed by atoms with E-state index < -0.39 is 0 Å². The molecule has 3 heterocycles. The summed E-state index contributed by atoms with van der Waals surface area (Å²) in [5, 5.41) is 5.50. The molecule has 0 spiro atoms. The molecule has 0 fully saturated rings. The highest BCUT2D eigenvalue weighted by Gasteiger charge is 2.18. The summed E-state index contributed by atoms with van der Waals surface area (Å²) in [7, 11) is 0. The zero-order chi connectivity index (χ0) is 15.0. The molecule has 0 aliphatic rings. The summed E-state index contributed by atoms with van der Waals surface area (Å²) < 4.78 is 1.93. The van der Waals surface area contributed by atoms with Crippen molar-refractivity contribution in [2.75, 3.05) is 5.32 Å². The van der Waals surface area contributed by atoms with Crippen LogP contribution in [0, 0.1) is 0 Å². The van der Waals surface area contributed by atoms with Crippen LogP contribution in [0.1, 0.15) is 36.8 Å². The average molecular weight is 299 g/mol. The first-order valence-corrected chi connectivity index (χ1v) is 7.65. The molecular formula is C16H17N3OS. The third kappa shape index (κ3) is 2.83. The minimum Gasteiger partial charge on any atom is -0.323 e. The van der Waals surface area contributed by atoms with Gasteiger partial charge in [0.05, 0.1) is 11.3 Å². The van der Waals surface area contributed by atoms with Gasteiger partial charge < -0.3 is 4.40 Å². The van der Waals surface area contributed by atoms with Crippen molar-refractivity contribution in [1.29, 1.82) is 0 Å². The zero-order valence-corrected chi connectivity index (χ0v) is 13.1. The van der Waals surface area contributed by atoms with E-state index in [-0.39, 0.29) is 11.3 Å². The second-order valence-corrected chi connectivity index (χ2v) is 6.86. The van der Waals surface area contributed by atoms with Crippen LogP contribution in [-0.2, 0) is 5.41 Å². The van der Waals surface area contributed by atoms with Crippen molar-refractivity contribution >= 4 is 27.9 Å². The van der Waals surface area contributed by atoms with Crippen LogP contribution < -0.4 is 5.32 Å². The molecule has 0 saturated heterocycles. The maximum atomic E-state index is 12.3. The summed E-state index contributed by atoms with van der Waals surface area (Å²) in [5.74, 6) is -0.131. The lowest BCUT2D eigenvalue weighted by atomic mass is 9.93. The van der Waals surface area contributed by atoms with E-state index in [4.69, 9.17) is 0 Å². The Balaban J connectivity index is 1.81. The highest BCUT2D eigenvalue weighted by molar-refractivity contribution is 7.14. The number of anilines is 1. The van der Waals surface area contributed by atoms with Crippen LogP contribution in [0.25, 0.3) is 5.52 Å². The van der Waals surface area contributed by atoms with Crippen LogP contribution in [0.5, 0.6) is 0 Å². The van der Waals surface area contributed by atoms with Crippen LogP contribution in [-0.4, -0.2) is 15.3 Å². The molecule has 1 amide bonds. The molecule has 108 valence electrons. The molecule has 0 atom stereocenters. The van der Waals surface area contributed by atoms with Gasteiger partial charge in [-0.25, -0.2) is 4.98 Å². The van der Waals surface area contributed by atoms with E-state index in [9.17, 15) is 4.79 Å². The molecule has 0 bridgehead atoms. The normalized spacial score (nSPS) is 11.8. The van der Waals surface area contributed by atoms with E-state index in [0.717, 1.165) is 11.2 Å². The van der Waals surface area contributed by atoms with Crippen LogP contribution in [0.15, 0.2) is 42.0 Å². The Morgan fingerprint density at radius 3 is 2.81 bits per heavy atom. The van der Waals surface area contributed by atoms with Crippen molar-refractivity contribution in [3.8, 4) is 0 Å². The fourth-order valence-electron chi connectivity index (χ4n) is 2.02. The SMILES string of the molecule is CC(C)(C)c1csc(NC(=O)c2cc3ccccn3c2)n1. The lowest BCUT2D eigenvalue weighted by molar-refractivity contribution is 0.102. The van der Waals surface area contributed by atoms with Crippen molar-refractivity contribution < 1.29 is 4.79 Å².